The van der Waals surface area contributed by atoms with E-state index in [-0.39, 0.29) is 6.10 Å². The molecule has 3 aromatic rings. The van der Waals surface area contributed by atoms with E-state index in [4.69, 9.17) is 9.47 Å². The predicted molar refractivity (Wildman–Crippen MR) is 95.9 cm³/mol. The van der Waals surface area contributed by atoms with E-state index in [0.717, 1.165) is 33.1 Å². The first-order chi connectivity index (χ1) is 11.2. The number of nitrogens with zero attached hydrogens (tertiary/aromatic N) is 1. The van der Waals surface area contributed by atoms with Crippen LogP contribution in [0.15, 0.2) is 24.4 Å². The third kappa shape index (κ3) is 2.92. The van der Waals surface area contributed by atoms with Gasteiger partial charge in [0.25, 0.3) is 0 Å². The van der Waals surface area contributed by atoms with Gasteiger partial charge in [0.15, 0.2) is 0 Å². The molecular weight excluding hydrogens is 356 g/mol. The number of ether oxygens (including phenoxy) is 2. The summed E-state index contributed by atoms with van der Waals surface area (Å²) in [7, 11) is 1.67. The Morgan fingerprint density at radius 1 is 1.26 bits per heavy atom. The minimum absolute atomic E-state index is 0.0973. The average Bonchev–Trinajstić information content (AvgIpc) is 2.89. The molecule has 0 radical (unpaired) electrons. The van der Waals surface area contributed by atoms with Gasteiger partial charge in [0, 0.05) is 39.4 Å². The fraction of sp³-hybridized carbons (Fsp3) is 0.278. The summed E-state index contributed by atoms with van der Waals surface area (Å²) in [4.78, 5) is 10.6. The third-order valence-electron chi connectivity index (χ3n) is 3.54. The number of hydrogen-bond donors (Lipinski definition) is 1. The van der Waals surface area contributed by atoms with Crippen molar-refractivity contribution >= 4 is 37.7 Å². The van der Waals surface area contributed by atoms with E-state index in [9.17, 15) is 0 Å². The highest BCUT2D eigenvalue weighted by atomic mass is 79.9. The maximum Gasteiger partial charge on any atom is 0.129 e. The van der Waals surface area contributed by atoms with Gasteiger partial charge >= 0.3 is 0 Å². The van der Waals surface area contributed by atoms with Gasteiger partial charge in [0.1, 0.15) is 11.4 Å². The Morgan fingerprint density at radius 3 is 2.78 bits per heavy atom. The molecule has 23 heavy (non-hydrogen) atoms. The second-order valence-corrected chi connectivity index (χ2v) is 5.89. The van der Waals surface area contributed by atoms with E-state index in [1.165, 1.54) is 0 Å². The van der Waals surface area contributed by atoms with Crippen LogP contribution in [0.5, 0.6) is 5.75 Å². The van der Waals surface area contributed by atoms with E-state index in [1.54, 1.807) is 13.3 Å². The number of pyridine rings is 1. The molecule has 5 heteroatoms. The smallest absolute Gasteiger partial charge is 0.129 e. The summed E-state index contributed by atoms with van der Waals surface area (Å²) in [6.45, 7) is 4.48. The molecule has 0 aliphatic carbocycles. The second-order valence-electron chi connectivity index (χ2n) is 5.50. The first-order valence-electron chi connectivity index (χ1n) is 7.35. The molecule has 0 aliphatic rings. The van der Waals surface area contributed by atoms with E-state index in [2.05, 4.69) is 36.6 Å². The first-order valence-corrected chi connectivity index (χ1v) is 8.14. The normalized spacial score (nSPS) is 11.0. The minimum Gasteiger partial charge on any atom is -0.490 e. The Labute approximate surface area is 143 Å². The Morgan fingerprint density at radius 2 is 2.09 bits per heavy atom. The van der Waals surface area contributed by atoms with E-state index in [1.807, 2.05) is 32.0 Å². The van der Waals surface area contributed by atoms with Crippen LogP contribution in [-0.2, 0) is 11.3 Å². The van der Waals surface area contributed by atoms with Crippen molar-refractivity contribution in [2.24, 2.45) is 0 Å². The van der Waals surface area contributed by atoms with Crippen molar-refractivity contribution in [3.05, 3.63) is 35.7 Å². The Bertz CT molecular complexity index is 919. The number of nitrogens with one attached hydrogen (secondary N) is 1. The van der Waals surface area contributed by atoms with Crippen molar-refractivity contribution in [1.82, 2.24) is 9.97 Å². The third-order valence-corrected chi connectivity index (χ3v) is 3.74. The number of halogens is 1. The van der Waals surface area contributed by atoms with Gasteiger partial charge in [-0.1, -0.05) is 6.07 Å². The van der Waals surface area contributed by atoms with Crippen LogP contribution in [0.3, 0.4) is 0 Å². The van der Waals surface area contributed by atoms with E-state index < -0.39 is 0 Å². The van der Waals surface area contributed by atoms with Gasteiger partial charge in [-0.15, -0.1) is 0 Å². The largest absolute Gasteiger partial charge is 0.490 e. The Balaban J connectivity index is 2.40. The minimum atomic E-state index is 0.0973. The zero-order chi connectivity index (χ0) is 16.4. The summed E-state index contributed by atoms with van der Waals surface area (Å²) in [5, 5.41) is 2.10. The average molecular weight is 373 g/mol. The van der Waals surface area contributed by atoms with Crippen molar-refractivity contribution < 1.29 is 9.47 Å². The van der Waals surface area contributed by atoms with Crippen molar-refractivity contribution in [2.45, 2.75) is 26.6 Å². The lowest BCUT2D eigenvalue weighted by Crippen LogP contribution is -2.05. The number of hydrogen-bond acceptors (Lipinski definition) is 3. The van der Waals surface area contributed by atoms with Crippen LogP contribution in [-0.4, -0.2) is 23.2 Å². The molecule has 0 bridgehead atoms. The summed E-state index contributed by atoms with van der Waals surface area (Å²) in [6, 6.07) is 6.01. The lowest BCUT2D eigenvalue weighted by molar-refractivity contribution is 0.185. The molecule has 2 aromatic heterocycles. The molecule has 4 nitrogen and oxygen atoms in total. The fourth-order valence-electron chi connectivity index (χ4n) is 2.76. The topological polar surface area (TPSA) is 47.1 Å². The van der Waals surface area contributed by atoms with Gasteiger partial charge in [-0.05, 0) is 36.7 Å². The lowest BCUT2D eigenvalue weighted by Gasteiger charge is -2.12. The molecule has 118 valence electrons. The van der Waals surface area contributed by atoms with Crippen LogP contribution in [0, 0.1) is 10.8 Å². The Kier molecular flexibility index (Phi) is 4.56. The van der Waals surface area contributed by atoms with Crippen LogP contribution < -0.4 is 4.74 Å². The molecular formula is C18H17BrN2O2. The van der Waals surface area contributed by atoms with Gasteiger partial charge in [0.2, 0.25) is 0 Å². The number of benzene rings is 1. The van der Waals surface area contributed by atoms with Crippen LogP contribution in [0.2, 0.25) is 0 Å². The molecule has 1 N–H and O–H groups in total. The number of aromatic nitrogens is 2. The van der Waals surface area contributed by atoms with Crippen molar-refractivity contribution in [3.8, 4) is 16.5 Å². The quantitative estimate of drug-likeness (QED) is 0.692. The SMILES string of the molecule is COCc1c(C#CBr)ncc2[nH]c3cccc(OC(C)C)c3c12. The molecule has 0 aliphatic heterocycles. The molecule has 3 rings (SSSR count). The van der Waals surface area contributed by atoms with E-state index >= 15 is 0 Å². The molecule has 2 heterocycles. The molecule has 0 saturated carbocycles. The van der Waals surface area contributed by atoms with Gasteiger partial charge in [-0.2, -0.15) is 0 Å². The van der Waals surface area contributed by atoms with Crippen LogP contribution in [0.4, 0.5) is 0 Å². The summed E-state index contributed by atoms with van der Waals surface area (Å²) >= 11 is 3.15. The molecule has 0 fully saturated rings. The zero-order valence-electron chi connectivity index (χ0n) is 13.2. The van der Waals surface area contributed by atoms with Gasteiger partial charge in [-0.3, -0.25) is 0 Å². The molecule has 0 atom stereocenters. The van der Waals surface area contributed by atoms with Crippen molar-refractivity contribution in [3.63, 3.8) is 0 Å². The van der Waals surface area contributed by atoms with Gasteiger partial charge in [-0.25, -0.2) is 4.98 Å². The second kappa shape index (κ2) is 6.61. The number of fused-ring (bicyclic) bond motifs is 3. The van der Waals surface area contributed by atoms with Crippen LogP contribution in [0.25, 0.3) is 21.8 Å². The maximum atomic E-state index is 6.00. The summed E-state index contributed by atoms with van der Waals surface area (Å²) in [5.74, 6) is 3.84. The predicted octanol–water partition coefficient (Wildman–Crippen LogP) is 4.35. The highest BCUT2D eigenvalue weighted by Crippen LogP contribution is 2.36. The Hall–Kier alpha value is -2.03. The summed E-state index contributed by atoms with van der Waals surface area (Å²) in [5.41, 5.74) is 3.63. The van der Waals surface area contributed by atoms with Crippen molar-refractivity contribution in [2.75, 3.05) is 7.11 Å². The van der Waals surface area contributed by atoms with E-state index in [0.29, 0.717) is 12.3 Å². The first kappa shape index (κ1) is 15.9. The standard InChI is InChI=1S/C18H17BrN2O2/c1-11(2)23-16-6-4-5-14-18(16)17-12(10-22-3)13(7-8-19)20-9-15(17)21-14/h4-6,9,11,21H,10H2,1-3H3. The lowest BCUT2D eigenvalue weighted by atomic mass is 10.1. The molecule has 0 unspecified atom stereocenters. The summed E-state index contributed by atoms with van der Waals surface area (Å²) < 4.78 is 11.4. The molecule has 1 aromatic carbocycles. The number of H-pyrrole nitrogens is 1. The maximum absolute atomic E-state index is 6.00. The zero-order valence-corrected chi connectivity index (χ0v) is 14.8. The van der Waals surface area contributed by atoms with Crippen LogP contribution in [0.1, 0.15) is 25.1 Å². The number of rotatable bonds is 4. The molecule has 0 amide bonds. The van der Waals surface area contributed by atoms with Gasteiger partial charge in [0.05, 0.1) is 29.9 Å². The highest BCUT2D eigenvalue weighted by Gasteiger charge is 2.17. The number of methoxy groups -OCH3 is 1. The molecule has 0 saturated heterocycles. The monoisotopic (exact) mass is 372 g/mol. The fourth-order valence-corrected chi connectivity index (χ4v) is 2.95. The number of aromatic amines is 1. The summed E-state index contributed by atoms with van der Waals surface area (Å²) in [6.07, 6.45) is 1.90. The molecule has 0 spiro atoms. The van der Waals surface area contributed by atoms with Crippen LogP contribution >= 0.6 is 15.9 Å². The van der Waals surface area contributed by atoms with Gasteiger partial charge < -0.3 is 14.5 Å². The highest BCUT2D eigenvalue weighted by molar-refractivity contribution is 9.12. The van der Waals surface area contributed by atoms with Crippen molar-refractivity contribution in [1.29, 1.82) is 0 Å².